The van der Waals surface area contributed by atoms with Gasteiger partial charge in [-0.05, 0) is 63.2 Å². The zero-order chi connectivity index (χ0) is 24.9. The van der Waals surface area contributed by atoms with E-state index in [-0.39, 0.29) is 34.2 Å². The Morgan fingerprint density at radius 2 is 1.09 bits per heavy atom. The zero-order valence-electron chi connectivity index (χ0n) is 23.3. The lowest BCUT2D eigenvalue weighted by Crippen LogP contribution is -2.53. The van der Waals surface area contributed by atoms with E-state index in [0.717, 1.165) is 38.5 Å². The molecular formula is C28H52N2O2. The van der Waals surface area contributed by atoms with Crippen molar-refractivity contribution in [3.05, 3.63) is 0 Å². The highest BCUT2D eigenvalue weighted by Gasteiger charge is 2.47. The first kappa shape index (κ1) is 27.2. The van der Waals surface area contributed by atoms with E-state index in [1.165, 1.54) is 0 Å². The highest BCUT2D eigenvalue weighted by Crippen LogP contribution is 2.43. The lowest BCUT2D eigenvalue weighted by atomic mass is 9.73. The smallest absolute Gasteiger partial charge is 0.228 e. The number of hydrogen-bond donors (Lipinski definition) is 0. The van der Waals surface area contributed by atoms with Gasteiger partial charge < -0.3 is 9.80 Å². The molecule has 0 radical (unpaired) electrons. The molecule has 0 aromatic carbocycles. The Bertz CT molecular complexity index is 687. The number of amides is 2. The van der Waals surface area contributed by atoms with Crippen LogP contribution in [0.25, 0.3) is 0 Å². The maximum Gasteiger partial charge on any atom is 0.228 e. The van der Waals surface area contributed by atoms with E-state index >= 15 is 0 Å². The Morgan fingerprint density at radius 3 is 1.44 bits per heavy atom. The van der Waals surface area contributed by atoms with Gasteiger partial charge in [0.15, 0.2) is 0 Å². The summed E-state index contributed by atoms with van der Waals surface area (Å²) in [5.41, 5.74) is -0.755. The van der Waals surface area contributed by atoms with E-state index in [4.69, 9.17) is 0 Å². The SMILES string of the molecule is C[C@H](N(C(=O)C(C)(C)C)C1CC1)C(C)(C)CCC(C)(C)C(=O)N(C1CC1)[C@H](C)C(C)(C)C. The van der Waals surface area contributed by atoms with Crippen molar-refractivity contribution in [3.8, 4) is 0 Å². The molecule has 2 aliphatic rings. The largest absolute Gasteiger partial charge is 0.336 e. The Kier molecular flexibility index (Phi) is 7.60. The van der Waals surface area contributed by atoms with Crippen LogP contribution in [0.15, 0.2) is 0 Å². The molecule has 2 saturated carbocycles. The quantitative estimate of drug-likeness (QED) is 0.395. The van der Waals surface area contributed by atoms with Crippen molar-refractivity contribution in [1.29, 1.82) is 0 Å². The van der Waals surface area contributed by atoms with Crippen molar-refractivity contribution in [1.82, 2.24) is 9.80 Å². The molecule has 186 valence electrons. The summed E-state index contributed by atoms with van der Waals surface area (Å²) in [5.74, 6) is 0.561. The van der Waals surface area contributed by atoms with Gasteiger partial charge in [-0.15, -0.1) is 0 Å². The standard InChI is InChI=1S/C28H52N2O2/c1-19(25(3,4)5)29(21-13-14-21)24(32)28(11,12)18-17-27(9,10)20(2)30(22-15-16-22)23(31)26(6,7)8/h19-22H,13-18H2,1-12H3/t19-,20+/m1/s1. The van der Waals surface area contributed by atoms with Crippen LogP contribution >= 0.6 is 0 Å². The minimum Gasteiger partial charge on any atom is -0.336 e. The number of nitrogens with zero attached hydrogens (tertiary/aromatic N) is 2. The Labute approximate surface area is 198 Å². The fraction of sp³-hybridized carbons (Fsp3) is 0.929. The predicted molar refractivity (Wildman–Crippen MR) is 134 cm³/mol. The van der Waals surface area contributed by atoms with E-state index in [9.17, 15) is 9.59 Å². The highest BCUT2D eigenvalue weighted by molar-refractivity contribution is 5.83. The van der Waals surface area contributed by atoms with Crippen LogP contribution in [0.1, 0.15) is 122 Å². The van der Waals surface area contributed by atoms with E-state index in [1.807, 2.05) is 20.8 Å². The first-order valence-corrected chi connectivity index (χ1v) is 13.0. The van der Waals surface area contributed by atoms with E-state index in [0.29, 0.717) is 18.0 Å². The first-order chi connectivity index (χ1) is 14.3. The van der Waals surface area contributed by atoms with Crippen molar-refractivity contribution in [2.45, 2.75) is 146 Å². The minimum atomic E-state index is -0.405. The average molecular weight is 449 g/mol. The second kappa shape index (κ2) is 8.95. The van der Waals surface area contributed by atoms with Crippen LogP contribution in [0.5, 0.6) is 0 Å². The molecule has 32 heavy (non-hydrogen) atoms. The Morgan fingerprint density at radius 1 is 0.688 bits per heavy atom. The van der Waals surface area contributed by atoms with Gasteiger partial charge in [0, 0.05) is 35.0 Å². The van der Waals surface area contributed by atoms with Crippen molar-refractivity contribution >= 4 is 11.8 Å². The molecule has 2 rings (SSSR count). The van der Waals surface area contributed by atoms with Gasteiger partial charge in [-0.25, -0.2) is 0 Å². The maximum atomic E-state index is 13.8. The van der Waals surface area contributed by atoms with Crippen molar-refractivity contribution < 1.29 is 9.59 Å². The van der Waals surface area contributed by atoms with Crippen LogP contribution in [-0.4, -0.2) is 45.8 Å². The number of hydrogen-bond acceptors (Lipinski definition) is 2. The molecule has 2 amide bonds. The minimum absolute atomic E-state index is 0.0545. The van der Waals surface area contributed by atoms with Gasteiger partial charge in [0.25, 0.3) is 0 Å². The molecular weight excluding hydrogens is 396 g/mol. The second-order valence-corrected chi connectivity index (χ2v) is 14.2. The summed E-state index contributed by atoms with van der Waals surface area (Å²) in [6.45, 7) is 26.0. The lowest BCUT2D eigenvalue weighted by Gasteiger charge is -2.45. The molecule has 4 nitrogen and oxygen atoms in total. The van der Waals surface area contributed by atoms with Crippen molar-refractivity contribution in [2.75, 3.05) is 0 Å². The van der Waals surface area contributed by atoms with Gasteiger partial charge in [0.05, 0.1) is 0 Å². The molecule has 0 N–H and O–H groups in total. The van der Waals surface area contributed by atoms with Gasteiger partial charge in [0.2, 0.25) is 11.8 Å². The third kappa shape index (κ3) is 6.29. The zero-order valence-corrected chi connectivity index (χ0v) is 23.3. The van der Waals surface area contributed by atoms with Crippen LogP contribution in [-0.2, 0) is 9.59 Å². The molecule has 0 aromatic rings. The van der Waals surface area contributed by atoms with Gasteiger partial charge >= 0.3 is 0 Å². The summed E-state index contributed by atoms with van der Waals surface area (Å²) in [7, 11) is 0. The van der Waals surface area contributed by atoms with E-state index in [1.54, 1.807) is 0 Å². The molecule has 2 atom stereocenters. The van der Waals surface area contributed by atoms with Crippen LogP contribution in [0, 0.1) is 21.7 Å². The fourth-order valence-electron chi connectivity index (χ4n) is 4.50. The maximum absolute atomic E-state index is 13.8. The average Bonchev–Trinajstić information content (AvgIpc) is 3.52. The van der Waals surface area contributed by atoms with E-state index in [2.05, 4.69) is 72.1 Å². The molecule has 4 heteroatoms. The summed E-state index contributed by atoms with van der Waals surface area (Å²) in [4.78, 5) is 31.4. The monoisotopic (exact) mass is 448 g/mol. The van der Waals surface area contributed by atoms with Gasteiger partial charge in [-0.3, -0.25) is 9.59 Å². The van der Waals surface area contributed by atoms with Crippen LogP contribution in [0.2, 0.25) is 0 Å². The molecule has 0 aromatic heterocycles. The molecule has 2 fully saturated rings. The Hall–Kier alpha value is -1.06. The second-order valence-electron chi connectivity index (χ2n) is 14.2. The highest BCUT2D eigenvalue weighted by atomic mass is 16.2. The van der Waals surface area contributed by atoms with Crippen molar-refractivity contribution in [3.63, 3.8) is 0 Å². The Balaban J connectivity index is 2.13. The third-order valence-electron chi connectivity index (χ3n) is 8.18. The fourth-order valence-corrected chi connectivity index (χ4v) is 4.50. The van der Waals surface area contributed by atoms with Crippen LogP contribution in [0.3, 0.4) is 0 Å². The summed E-state index contributed by atoms with van der Waals surface area (Å²) in [5, 5.41) is 0. The topological polar surface area (TPSA) is 40.6 Å². The van der Waals surface area contributed by atoms with Crippen LogP contribution in [0.4, 0.5) is 0 Å². The molecule has 0 bridgehead atoms. The molecule has 0 heterocycles. The molecule has 2 aliphatic carbocycles. The first-order valence-electron chi connectivity index (χ1n) is 13.0. The summed E-state index contributed by atoms with van der Waals surface area (Å²) >= 11 is 0. The number of rotatable bonds is 9. The predicted octanol–water partition coefficient (Wildman–Crippen LogP) is 6.67. The summed E-state index contributed by atoms with van der Waals surface area (Å²) in [6.07, 6.45) is 6.27. The van der Waals surface area contributed by atoms with Crippen LogP contribution < -0.4 is 0 Å². The summed E-state index contributed by atoms with van der Waals surface area (Å²) in [6, 6.07) is 1.19. The molecule has 0 aliphatic heterocycles. The van der Waals surface area contributed by atoms with E-state index < -0.39 is 5.41 Å². The molecule has 0 unspecified atom stereocenters. The van der Waals surface area contributed by atoms with Gasteiger partial charge in [-0.1, -0.05) is 69.2 Å². The van der Waals surface area contributed by atoms with Gasteiger partial charge in [-0.2, -0.15) is 0 Å². The summed E-state index contributed by atoms with van der Waals surface area (Å²) < 4.78 is 0. The van der Waals surface area contributed by atoms with Gasteiger partial charge in [0.1, 0.15) is 0 Å². The molecule has 0 saturated heterocycles. The number of carbonyl (C=O) groups excluding carboxylic acids is 2. The normalized spacial score (nSPS) is 20.0. The third-order valence-corrected chi connectivity index (χ3v) is 8.18. The molecule has 0 spiro atoms. The lowest BCUT2D eigenvalue weighted by molar-refractivity contribution is -0.148. The van der Waals surface area contributed by atoms with Crippen molar-refractivity contribution in [2.24, 2.45) is 21.7 Å². The number of carbonyl (C=O) groups is 2.